The molecule has 1 aliphatic rings. The first kappa shape index (κ1) is 20.7. The average Bonchev–Trinajstić information content (AvgIpc) is 3.37. The highest BCUT2D eigenvalue weighted by Crippen LogP contribution is 2.31. The second-order valence-electron chi connectivity index (χ2n) is 6.24. The van der Waals surface area contributed by atoms with Crippen LogP contribution in [0, 0.1) is 0 Å². The maximum atomic E-state index is 12.5. The molecule has 0 spiro atoms. The second-order valence-corrected chi connectivity index (χ2v) is 8.81. The van der Waals surface area contributed by atoms with Gasteiger partial charge in [-0.1, -0.05) is 23.1 Å². The molecule has 1 aromatic carbocycles. The van der Waals surface area contributed by atoms with Gasteiger partial charge in [0.25, 0.3) is 0 Å². The Morgan fingerprint density at radius 3 is 2.71 bits per heavy atom. The molecular formula is C18H24N4O4S2. The van der Waals surface area contributed by atoms with Gasteiger partial charge in [-0.3, -0.25) is 4.79 Å². The maximum Gasteiger partial charge on any atom is 0.237 e. The average molecular weight is 425 g/mol. The van der Waals surface area contributed by atoms with Gasteiger partial charge in [0, 0.05) is 37.0 Å². The standard InChI is InChI=1S/C18H24N4O4S2/c1-11(16(23)20-12-7-14(24-2)9-15(8-12)25-3)27-18-22-21-17(28-18)19-10-13-5-4-6-26-13/h7-9,11,13H,4-6,10H2,1-3H3,(H,19,21)(H,20,23)/t11-,13+/m0/s1. The van der Waals surface area contributed by atoms with Crippen LogP contribution in [-0.4, -0.2) is 54.8 Å². The van der Waals surface area contributed by atoms with Crippen LogP contribution in [0.2, 0.25) is 0 Å². The molecule has 0 radical (unpaired) electrons. The lowest BCUT2D eigenvalue weighted by Crippen LogP contribution is -2.22. The number of hydrogen-bond acceptors (Lipinski definition) is 9. The molecule has 2 aromatic rings. The van der Waals surface area contributed by atoms with E-state index >= 15 is 0 Å². The Labute approximate surface area is 172 Å². The normalized spacial score (nSPS) is 17.2. The first-order chi connectivity index (χ1) is 13.6. The van der Waals surface area contributed by atoms with Crippen molar-refractivity contribution >= 4 is 39.8 Å². The van der Waals surface area contributed by atoms with E-state index in [1.807, 2.05) is 6.92 Å². The summed E-state index contributed by atoms with van der Waals surface area (Å²) in [4.78, 5) is 12.5. The molecule has 1 saturated heterocycles. The van der Waals surface area contributed by atoms with Crippen molar-refractivity contribution in [3.63, 3.8) is 0 Å². The number of thioether (sulfide) groups is 1. The summed E-state index contributed by atoms with van der Waals surface area (Å²) < 4.78 is 16.8. The van der Waals surface area contributed by atoms with Crippen LogP contribution in [0.5, 0.6) is 11.5 Å². The molecule has 0 unspecified atom stereocenters. The van der Waals surface area contributed by atoms with E-state index in [0.29, 0.717) is 17.2 Å². The highest BCUT2D eigenvalue weighted by atomic mass is 32.2. The van der Waals surface area contributed by atoms with E-state index in [1.165, 1.54) is 23.1 Å². The summed E-state index contributed by atoms with van der Waals surface area (Å²) in [7, 11) is 3.14. The Balaban J connectivity index is 1.52. The molecule has 1 aliphatic heterocycles. The van der Waals surface area contributed by atoms with Crippen LogP contribution in [0.1, 0.15) is 19.8 Å². The van der Waals surface area contributed by atoms with E-state index < -0.39 is 0 Å². The van der Waals surface area contributed by atoms with Crippen LogP contribution in [-0.2, 0) is 9.53 Å². The predicted octanol–water partition coefficient (Wildman–Crippen LogP) is 3.27. The fourth-order valence-corrected chi connectivity index (χ4v) is 4.57. The number of hydrogen-bond donors (Lipinski definition) is 2. The molecule has 1 fully saturated rings. The van der Waals surface area contributed by atoms with E-state index in [0.717, 1.165) is 35.5 Å². The summed E-state index contributed by atoms with van der Waals surface area (Å²) in [5, 5.41) is 14.8. The van der Waals surface area contributed by atoms with Gasteiger partial charge in [-0.25, -0.2) is 0 Å². The molecule has 28 heavy (non-hydrogen) atoms. The van der Waals surface area contributed by atoms with Crippen molar-refractivity contribution in [1.29, 1.82) is 0 Å². The lowest BCUT2D eigenvalue weighted by Gasteiger charge is -2.12. The number of aromatic nitrogens is 2. The third-order valence-electron chi connectivity index (χ3n) is 4.18. The molecule has 1 amide bonds. The van der Waals surface area contributed by atoms with E-state index in [4.69, 9.17) is 14.2 Å². The van der Waals surface area contributed by atoms with Gasteiger partial charge >= 0.3 is 0 Å². The van der Waals surface area contributed by atoms with Crippen LogP contribution in [0.3, 0.4) is 0 Å². The zero-order chi connectivity index (χ0) is 19.9. The summed E-state index contributed by atoms with van der Waals surface area (Å²) in [5.41, 5.74) is 0.616. The Morgan fingerprint density at radius 2 is 2.07 bits per heavy atom. The molecule has 1 aromatic heterocycles. The summed E-state index contributed by atoms with van der Waals surface area (Å²) in [6.45, 7) is 3.39. The molecule has 10 heteroatoms. The van der Waals surface area contributed by atoms with Gasteiger partial charge < -0.3 is 24.8 Å². The summed E-state index contributed by atoms with van der Waals surface area (Å²) in [6.07, 6.45) is 2.42. The lowest BCUT2D eigenvalue weighted by atomic mass is 10.2. The smallest absolute Gasteiger partial charge is 0.237 e. The van der Waals surface area contributed by atoms with Gasteiger partial charge in [-0.2, -0.15) is 0 Å². The summed E-state index contributed by atoms with van der Waals surface area (Å²) >= 11 is 2.80. The molecule has 2 heterocycles. The zero-order valence-corrected chi connectivity index (χ0v) is 17.7. The van der Waals surface area contributed by atoms with Crippen molar-refractivity contribution < 1.29 is 19.0 Å². The summed E-state index contributed by atoms with van der Waals surface area (Å²) in [6, 6.07) is 5.24. The van der Waals surface area contributed by atoms with Gasteiger partial charge in [-0.15, -0.1) is 10.2 Å². The number of rotatable bonds is 9. The van der Waals surface area contributed by atoms with Gasteiger partial charge in [0.1, 0.15) is 11.5 Å². The maximum absolute atomic E-state index is 12.5. The fraction of sp³-hybridized carbons (Fsp3) is 0.500. The number of ether oxygens (including phenoxy) is 3. The minimum atomic E-state index is -0.337. The lowest BCUT2D eigenvalue weighted by molar-refractivity contribution is -0.115. The van der Waals surface area contributed by atoms with E-state index in [2.05, 4.69) is 20.8 Å². The SMILES string of the molecule is COc1cc(NC(=O)[C@H](C)Sc2nnc(NC[C@H]3CCCO3)s2)cc(OC)c1. The minimum absolute atomic E-state index is 0.135. The van der Waals surface area contributed by atoms with Crippen LogP contribution in [0.4, 0.5) is 10.8 Å². The second kappa shape index (κ2) is 9.94. The highest BCUT2D eigenvalue weighted by Gasteiger charge is 2.19. The third-order valence-corrected chi connectivity index (χ3v) is 6.24. The van der Waals surface area contributed by atoms with Crippen molar-refractivity contribution in [2.24, 2.45) is 0 Å². The number of carbonyl (C=O) groups excluding carboxylic acids is 1. The Morgan fingerprint density at radius 1 is 1.32 bits per heavy atom. The highest BCUT2D eigenvalue weighted by molar-refractivity contribution is 8.02. The molecular weight excluding hydrogens is 400 g/mol. The van der Waals surface area contributed by atoms with Gasteiger partial charge in [0.2, 0.25) is 11.0 Å². The van der Waals surface area contributed by atoms with Crippen LogP contribution >= 0.6 is 23.1 Å². The Bertz CT molecular complexity index is 773. The number of carbonyl (C=O) groups is 1. The molecule has 0 saturated carbocycles. The Kier molecular flexibility index (Phi) is 7.35. The first-order valence-electron chi connectivity index (χ1n) is 8.97. The Hall–Kier alpha value is -2.04. The first-order valence-corrected chi connectivity index (χ1v) is 10.7. The van der Waals surface area contributed by atoms with Crippen molar-refractivity contribution in [3.05, 3.63) is 18.2 Å². The number of nitrogens with zero attached hydrogens (tertiary/aromatic N) is 2. The number of methoxy groups -OCH3 is 2. The predicted molar refractivity (Wildman–Crippen MR) is 111 cm³/mol. The molecule has 0 bridgehead atoms. The largest absolute Gasteiger partial charge is 0.497 e. The number of nitrogens with one attached hydrogen (secondary N) is 2. The number of benzene rings is 1. The van der Waals surface area contributed by atoms with E-state index in [9.17, 15) is 4.79 Å². The topological polar surface area (TPSA) is 94.6 Å². The molecule has 2 N–H and O–H groups in total. The molecule has 0 aliphatic carbocycles. The van der Waals surface area contributed by atoms with Crippen LogP contribution < -0.4 is 20.1 Å². The fourth-order valence-electron chi connectivity index (χ4n) is 2.66. The number of amides is 1. The number of anilines is 2. The van der Waals surface area contributed by atoms with Crippen molar-refractivity contribution in [2.75, 3.05) is 38.0 Å². The van der Waals surface area contributed by atoms with Gasteiger partial charge in [-0.05, 0) is 19.8 Å². The van der Waals surface area contributed by atoms with E-state index in [-0.39, 0.29) is 17.3 Å². The molecule has 152 valence electrons. The van der Waals surface area contributed by atoms with Crippen molar-refractivity contribution in [1.82, 2.24) is 10.2 Å². The zero-order valence-electron chi connectivity index (χ0n) is 16.1. The van der Waals surface area contributed by atoms with Crippen molar-refractivity contribution in [2.45, 2.75) is 35.5 Å². The minimum Gasteiger partial charge on any atom is -0.497 e. The van der Waals surface area contributed by atoms with Gasteiger partial charge in [0.15, 0.2) is 4.34 Å². The monoisotopic (exact) mass is 424 g/mol. The van der Waals surface area contributed by atoms with Crippen molar-refractivity contribution in [3.8, 4) is 11.5 Å². The van der Waals surface area contributed by atoms with Crippen LogP contribution in [0.25, 0.3) is 0 Å². The molecule has 3 rings (SSSR count). The van der Waals surface area contributed by atoms with Crippen LogP contribution in [0.15, 0.2) is 22.5 Å². The molecule has 2 atom stereocenters. The summed E-state index contributed by atoms with van der Waals surface area (Å²) in [5.74, 6) is 1.09. The van der Waals surface area contributed by atoms with Gasteiger partial charge in [0.05, 0.1) is 25.6 Å². The molecule has 8 nitrogen and oxygen atoms in total. The third kappa shape index (κ3) is 5.73. The van der Waals surface area contributed by atoms with E-state index in [1.54, 1.807) is 32.4 Å². The quantitative estimate of drug-likeness (QED) is 0.593.